The molecule has 0 spiro atoms. The normalized spacial score (nSPS) is 35.5. The van der Waals surface area contributed by atoms with Crippen LogP contribution in [0.3, 0.4) is 0 Å². The SMILES string of the molecule is CNC1CSC2CCC(C(C)=O)N2C1=O.[HH]. The third-order valence-electron chi connectivity index (χ3n) is 3.16. The van der Waals surface area contributed by atoms with Gasteiger partial charge in [-0.2, -0.15) is 0 Å². The number of ketones is 1. The smallest absolute Gasteiger partial charge is 0.242 e. The molecule has 0 aromatic carbocycles. The molecule has 5 heteroatoms. The highest BCUT2D eigenvalue weighted by Gasteiger charge is 2.44. The first-order valence-corrected chi connectivity index (χ1v) is 6.31. The lowest BCUT2D eigenvalue weighted by atomic mass is 10.1. The van der Waals surface area contributed by atoms with Crippen LogP contribution in [-0.2, 0) is 9.59 Å². The van der Waals surface area contributed by atoms with E-state index < -0.39 is 0 Å². The Bertz CT molecular complexity index is 301. The standard InChI is InChI=1S/C10H16N2O2S.H2/c1-6(13)8-3-4-9-12(8)10(14)7(11-2)5-15-9;/h7-9,11H,3-5H2,1-2H3;1H. The molecule has 1 N–H and O–H groups in total. The number of amides is 1. The molecule has 2 aliphatic heterocycles. The molecular formula is C10H18N2O2S. The van der Waals surface area contributed by atoms with Gasteiger partial charge in [0.1, 0.15) is 0 Å². The van der Waals surface area contributed by atoms with Gasteiger partial charge in [0.25, 0.3) is 0 Å². The van der Waals surface area contributed by atoms with E-state index in [4.69, 9.17) is 0 Å². The summed E-state index contributed by atoms with van der Waals surface area (Å²) in [5.41, 5.74) is 0. The van der Waals surface area contributed by atoms with Crippen molar-refractivity contribution in [2.24, 2.45) is 0 Å². The van der Waals surface area contributed by atoms with Gasteiger partial charge in [-0.3, -0.25) is 9.59 Å². The van der Waals surface area contributed by atoms with E-state index in [1.54, 1.807) is 30.6 Å². The number of Topliss-reactive ketones (excluding diaryl/α,β-unsaturated/α-hetero) is 1. The molecule has 2 rings (SSSR count). The highest BCUT2D eigenvalue weighted by molar-refractivity contribution is 8.00. The molecule has 2 fully saturated rings. The lowest BCUT2D eigenvalue weighted by Gasteiger charge is -2.36. The summed E-state index contributed by atoms with van der Waals surface area (Å²) < 4.78 is 0. The number of nitrogens with zero attached hydrogens (tertiary/aromatic N) is 1. The van der Waals surface area contributed by atoms with Gasteiger partial charge in [-0.25, -0.2) is 0 Å². The summed E-state index contributed by atoms with van der Waals surface area (Å²) >= 11 is 1.78. The number of carbonyl (C=O) groups is 2. The Morgan fingerprint density at radius 3 is 2.93 bits per heavy atom. The van der Waals surface area contributed by atoms with Crippen molar-refractivity contribution in [3.05, 3.63) is 0 Å². The monoisotopic (exact) mass is 230 g/mol. The third kappa shape index (κ3) is 1.78. The first kappa shape index (κ1) is 11.0. The second kappa shape index (κ2) is 4.14. The Kier molecular flexibility index (Phi) is 3.02. The van der Waals surface area contributed by atoms with E-state index in [2.05, 4.69) is 5.32 Å². The van der Waals surface area contributed by atoms with Gasteiger partial charge in [0.05, 0.1) is 17.5 Å². The first-order valence-electron chi connectivity index (χ1n) is 5.26. The van der Waals surface area contributed by atoms with Crippen molar-refractivity contribution >= 4 is 23.5 Å². The minimum Gasteiger partial charge on any atom is -0.319 e. The summed E-state index contributed by atoms with van der Waals surface area (Å²) in [6.45, 7) is 1.58. The summed E-state index contributed by atoms with van der Waals surface area (Å²) in [6, 6.07) is -0.294. The Labute approximate surface area is 95.3 Å². The van der Waals surface area contributed by atoms with Crippen LogP contribution in [0.15, 0.2) is 0 Å². The van der Waals surface area contributed by atoms with Crippen molar-refractivity contribution in [1.29, 1.82) is 0 Å². The predicted octanol–water partition coefficient (Wildman–Crippen LogP) is 0.473. The predicted molar refractivity (Wildman–Crippen MR) is 61.8 cm³/mol. The Hall–Kier alpha value is -0.550. The van der Waals surface area contributed by atoms with Crippen molar-refractivity contribution in [1.82, 2.24) is 10.2 Å². The van der Waals surface area contributed by atoms with Gasteiger partial charge < -0.3 is 10.2 Å². The molecule has 3 atom stereocenters. The quantitative estimate of drug-likeness (QED) is 0.749. The number of hydrogen-bond acceptors (Lipinski definition) is 4. The highest BCUT2D eigenvalue weighted by Crippen LogP contribution is 2.36. The molecule has 2 heterocycles. The average molecular weight is 230 g/mol. The van der Waals surface area contributed by atoms with Crippen LogP contribution in [0.4, 0.5) is 0 Å². The summed E-state index contributed by atoms with van der Waals surface area (Å²) in [5, 5.41) is 3.23. The second-order valence-electron chi connectivity index (χ2n) is 4.08. The first-order chi connectivity index (χ1) is 7.15. The van der Waals surface area contributed by atoms with E-state index in [0.717, 1.165) is 18.6 Å². The summed E-state index contributed by atoms with van der Waals surface area (Å²) in [7, 11) is 1.79. The van der Waals surface area contributed by atoms with Gasteiger partial charge in [0, 0.05) is 7.18 Å². The molecule has 2 aliphatic rings. The van der Waals surface area contributed by atoms with E-state index in [-0.39, 0.29) is 30.6 Å². The Morgan fingerprint density at radius 1 is 1.60 bits per heavy atom. The second-order valence-corrected chi connectivity index (χ2v) is 5.29. The van der Waals surface area contributed by atoms with E-state index in [9.17, 15) is 9.59 Å². The van der Waals surface area contributed by atoms with Gasteiger partial charge in [-0.1, -0.05) is 0 Å². The van der Waals surface area contributed by atoms with E-state index in [1.165, 1.54) is 0 Å². The van der Waals surface area contributed by atoms with Crippen LogP contribution in [0.25, 0.3) is 0 Å². The molecule has 0 radical (unpaired) electrons. The minimum absolute atomic E-state index is 0. The number of hydrogen-bond donors (Lipinski definition) is 1. The van der Waals surface area contributed by atoms with Gasteiger partial charge in [0.2, 0.25) is 5.91 Å². The zero-order valence-corrected chi connectivity index (χ0v) is 9.84. The summed E-state index contributed by atoms with van der Waals surface area (Å²) in [5.74, 6) is 1.03. The van der Waals surface area contributed by atoms with Crippen molar-refractivity contribution in [3.8, 4) is 0 Å². The van der Waals surface area contributed by atoms with E-state index in [1.807, 2.05) is 0 Å². The number of thioether (sulfide) groups is 1. The molecule has 0 aromatic heterocycles. The zero-order chi connectivity index (χ0) is 11.0. The van der Waals surface area contributed by atoms with Crippen molar-refractivity contribution in [2.45, 2.75) is 37.2 Å². The maximum atomic E-state index is 12.1. The van der Waals surface area contributed by atoms with Crippen LogP contribution in [0, 0.1) is 0 Å². The van der Waals surface area contributed by atoms with Crippen LogP contribution >= 0.6 is 11.8 Å². The van der Waals surface area contributed by atoms with Crippen molar-refractivity contribution in [3.63, 3.8) is 0 Å². The molecule has 15 heavy (non-hydrogen) atoms. The fraction of sp³-hybridized carbons (Fsp3) is 0.800. The lowest BCUT2D eigenvalue weighted by Crippen LogP contribution is -2.55. The molecule has 0 bridgehead atoms. The molecule has 0 saturated carbocycles. The molecule has 0 aliphatic carbocycles. The molecule has 2 saturated heterocycles. The number of rotatable bonds is 2. The average Bonchev–Trinajstić information content (AvgIpc) is 2.63. The van der Waals surface area contributed by atoms with Crippen molar-refractivity contribution in [2.75, 3.05) is 12.8 Å². The molecule has 0 aromatic rings. The number of nitrogens with one attached hydrogen (secondary N) is 1. The van der Waals surface area contributed by atoms with Crippen LogP contribution in [0.1, 0.15) is 21.2 Å². The fourth-order valence-corrected chi connectivity index (χ4v) is 3.74. The van der Waals surface area contributed by atoms with Crippen LogP contribution in [0.5, 0.6) is 0 Å². The van der Waals surface area contributed by atoms with Crippen LogP contribution in [-0.4, -0.2) is 46.8 Å². The van der Waals surface area contributed by atoms with Gasteiger partial charge in [0.15, 0.2) is 5.78 Å². The maximum absolute atomic E-state index is 12.1. The number of likely N-dealkylation sites (N-methyl/N-ethyl adjacent to an activating group) is 1. The Balaban J connectivity index is 0.00000128. The lowest BCUT2D eigenvalue weighted by molar-refractivity contribution is -0.139. The molecule has 1 amide bonds. The van der Waals surface area contributed by atoms with Crippen molar-refractivity contribution < 1.29 is 11.0 Å². The summed E-state index contributed by atoms with van der Waals surface area (Å²) in [4.78, 5) is 25.3. The summed E-state index contributed by atoms with van der Waals surface area (Å²) in [6.07, 6.45) is 1.78. The van der Waals surface area contributed by atoms with Crippen LogP contribution in [0.2, 0.25) is 0 Å². The number of carbonyl (C=O) groups excluding carboxylic acids is 2. The highest BCUT2D eigenvalue weighted by atomic mass is 32.2. The Morgan fingerprint density at radius 2 is 2.33 bits per heavy atom. The molecule has 3 unspecified atom stereocenters. The van der Waals surface area contributed by atoms with Gasteiger partial charge in [-0.05, 0) is 26.8 Å². The molecule has 4 nitrogen and oxygen atoms in total. The third-order valence-corrected chi connectivity index (χ3v) is 4.53. The van der Waals surface area contributed by atoms with Gasteiger partial charge in [-0.15, -0.1) is 11.8 Å². The largest absolute Gasteiger partial charge is 0.319 e. The van der Waals surface area contributed by atoms with E-state index in [0.29, 0.717) is 0 Å². The minimum atomic E-state index is -0.175. The van der Waals surface area contributed by atoms with E-state index >= 15 is 0 Å². The van der Waals surface area contributed by atoms with Gasteiger partial charge >= 0.3 is 0 Å². The molecular weight excluding hydrogens is 212 g/mol. The number of fused-ring (bicyclic) bond motifs is 1. The molecule has 86 valence electrons. The zero-order valence-electron chi connectivity index (χ0n) is 9.03. The fourth-order valence-electron chi connectivity index (χ4n) is 2.30. The maximum Gasteiger partial charge on any atom is 0.242 e. The topological polar surface area (TPSA) is 49.4 Å². The van der Waals surface area contributed by atoms with Crippen LogP contribution < -0.4 is 5.32 Å².